The smallest absolute Gasteiger partial charge is 0.116 e. The van der Waals surface area contributed by atoms with E-state index in [1.165, 1.54) is 0 Å². The normalized spacial score (nSPS) is 10.4. The molecule has 2 aromatic rings. The number of aryl methyl sites for hydroxylation is 2. The van der Waals surface area contributed by atoms with Crippen LogP contribution in [0.3, 0.4) is 0 Å². The Hall–Kier alpha value is -1.96. The van der Waals surface area contributed by atoms with Crippen LogP contribution in [0.15, 0.2) is 36.4 Å². The van der Waals surface area contributed by atoms with Gasteiger partial charge in [0, 0.05) is 0 Å². The lowest BCUT2D eigenvalue weighted by molar-refractivity contribution is 0.474. The molecule has 2 N–H and O–H groups in total. The zero-order valence-electron chi connectivity index (χ0n) is 9.36. The summed E-state index contributed by atoms with van der Waals surface area (Å²) in [5, 5.41) is 18.9. The molecule has 0 aliphatic carbocycles. The largest absolute Gasteiger partial charge is 0.508 e. The van der Waals surface area contributed by atoms with Gasteiger partial charge in [-0.1, -0.05) is 12.1 Å². The third-order valence-corrected chi connectivity index (χ3v) is 2.65. The molecule has 0 saturated heterocycles. The first kappa shape index (κ1) is 10.6. The molecular formula is C14H14O2. The van der Waals surface area contributed by atoms with E-state index in [9.17, 15) is 10.2 Å². The van der Waals surface area contributed by atoms with E-state index in [4.69, 9.17) is 0 Å². The molecule has 2 nitrogen and oxygen atoms in total. The Balaban J connectivity index is 2.64. The fourth-order valence-electron chi connectivity index (χ4n) is 2.06. The maximum Gasteiger partial charge on any atom is 0.116 e. The minimum absolute atomic E-state index is 0.254. The predicted octanol–water partition coefficient (Wildman–Crippen LogP) is 3.38. The monoisotopic (exact) mass is 214 g/mol. The van der Waals surface area contributed by atoms with E-state index in [2.05, 4.69) is 0 Å². The van der Waals surface area contributed by atoms with E-state index >= 15 is 0 Å². The lowest BCUT2D eigenvalue weighted by atomic mass is 9.95. The Bertz CT molecular complexity index is 507. The van der Waals surface area contributed by atoms with Crippen molar-refractivity contribution >= 4 is 0 Å². The third kappa shape index (κ3) is 1.87. The Morgan fingerprint density at radius 1 is 0.812 bits per heavy atom. The molecule has 0 fully saturated rings. The number of phenolic OH excluding ortho intramolecular Hbond substituents is 2. The molecule has 16 heavy (non-hydrogen) atoms. The van der Waals surface area contributed by atoms with Gasteiger partial charge in [-0.15, -0.1) is 0 Å². The third-order valence-electron chi connectivity index (χ3n) is 2.65. The van der Waals surface area contributed by atoms with Crippen molar-refractivity contribution in [3.63, 3.8) is 0 Å². The fraction of sp³-hybridized carbons (Fsp3) is 0.143. The van der Waals surface area contributed by atoms with Crippen molar-refractivity contribution in [2.24, 2.45) is 0 Å². The highest BCUT2D eigenvalue weighted by molar-refractivity contribution is 5.72. The average molecular weight is 214 g/mol. The van der Waals surface area contributed by atoms with Gasteiger partial charge in [-0.2, -0.15) is 0 Å². The van der Waals surface area contributed by atoms with Gasteiger partial charge in [0.15, 0.2) is 0 Å². The van der Waals surface area contributed by atoms with Gasteiger partial charge in [-0.25, -0.2) is 0 Å². The van der Waals surface area contributed by atoms with Crippen LogP contribution < -0.4 is 0 Å². The standard InChI is InChI=1S/C14H14O2/c1-9-6-13(16)7-10(2)14(9)11-4-3-5-12(15)8-11/h3-8,15-16H,1-2H3. The number of hydrogen-bond donors (Lipinski definition) is 2. The molecule has 0 heterocycles. The van der Waals surface area contributed by atoms with Crippen LogP contribution in [0.1, 0.15) is 11.1 Å². The number of phenols is 2. The summed E-state index contributed by atoms with van der Waals surface area (Å²) < 4.78 is 0. The Labute approximate surface area is 94.8 Å². The van der Waals surface area contributed by atoms with Crippen molar-refractivity contribution in [2.45, 2.75) is 13.8 Å². The van der Waals surface area contributed by atoms with E-state index in [0.717, 1.165) is 22.3 Å². The molecule has 0 aromatic heterocycles. The second-order valence-electron chi connectivity index (χ2n) is 4.00. The molecule has 2 aromatic carbocycles. The van der Waals surface area contributed by atoms with Gasteiger partial charge in [0.2, 0.25) is 0 Å². The second-order valence-corrected chi connectivity index (χ2v) is 4.00. The Kier molecular flexibility index (Phi) is 2.57. The number of benzene rings is 2. The molecule has 0 amide bonds. The fourth-order valence-corrected chi connectivity index (χ4v) is 2.06. The summed E-state index contributed by atoms with van der Waals surface area (Å²) in [5.41, 5.74) is 4.04. The van der Waals surface area contributed by atoms with Crippen LogP contribution in [0.5, 0.6) is 11.5 Å². The van der Waals surface area contributed by atoms with Crippen LogP contribution in [0, 0.1) is 13.8 Å². The van der Waals surface area contributed by atoms with Crippen LogP contribution in [-0.2, 0) is 0 Å². The molecule has 0 aliphatic heterocycles. The molecule has 0 aliphatic rings. The Morgan fingerprint density at radius 2 is 1.44 bits per heavy atom. The number of aromatic hydroxyl groups is 2. The number of rotatable bonds is 1. The first-order valence-electron chi connectivity index (χ1n) is 5.17. The highest BCUT2D eigenvalue weighted by atomic mass is 16.3. The lowest BCUT2D eigenvalue weighted by Gasteiger charge is -2.11. The van der Waals surface area contributed by atoms with Crippen LogP contribution in [-0.4, -0.2) is 10.2 Å². The van der Waals surface area contributed by atoms with E-state index in [1.807, 2.05) is 26.0 Å². The van der Waals surface area contributed by atoms with Crippen molar-refractivity contribution in [1.29, 1.82) is 0 Å². The minimum atomic E-state index is 0.254. The van der Waals surface area contributed by atoms with Crippen LogP contribution >= 0.6 is 0 Å². The van der Waals surface area contributed by atoms with Crippen molar-refractivity contribution < 1.29 is 10.2 Å². The summed E-state index contributed by atoms with van der Waals surface area (Å²) in [6.45, 7) is 3.90. The van der Waals surface area contributed by atoms with Crippen LogP contribution in [0.4, 0.5) is 0 Å². The van der Waals surface area contributed by atoms with Crippen molar-refractivity contribution in [1.82, 2.24) is 0 Å². The summed E-state index contributed by atoms with van der Waals surface area (Å²) >= 11 is 0. The van der Waals surface area contributed by atoms with Gasteiger partial charge in [0.25, 0.3) is 0 Å². The Morgan fingerprint density at radius 3 is 2.00 bits per heavy atom. The summed E-state index contributed by atoms with van der Waals surface area (Å²) in [7, 11) is 0. The van der Waals surface area contributed by atoms with Gasteiger partial charge >= 0.3 is 0 Å². The first-order valence-corrected chi connectivity index (χ1v) is 5.17. The SMILES string of the molecule is Cc1cc(O)cc(C)c1-c1cccc(O)c1. The van der Waals surface area contributed by atoms with E-state index < -0.39 is 0 Å². The van der Waals surface area contributed by atoms with E-state index in [1.54, 1.807) is 24.3 Å². The first-order chi connectivity index (χ1) is 7.58. The van der Waals surface area contributed by atoms with Gasteiger partial charge in [0.05, 0.1) is 0 Å². The molecule has 0 bridgehead atoms. The zero-order chi connectivity index (χ0) is 11.7. The molecule has 0 unspecified atom stereocenters. The molecule has 2 heteroatoms. The molecule has 0 saturated carbocycles. The molecule has 82 valence electrons. The molecule has 0 atom stereocenters. The quantitative estimate of drug-likeness (QED) is 0.764. The highest BCUT2D eigenvalue weighted by Gasteiger charge is 2.07. The highest BCUT2D eigenvalue weighted by Crippen LogP contribution is 2.31. The van der Waals surface area contributed by atoms with Crippen molar-refractivity contribution in [2.75, 3.05) is 0 Å². The average Bonchev–Trinajstić information content (AvgIpc) is 2.15. The minimum Gasteiger partial charge on any atom is -0.508 e. The van der Waals surface area contributed by atoms with Gasteiger partial charge < -0.3 is 10.2 Å². The summed E-state index contributed by atoms with van der Waals surface area (Å²) in [6, 6.07) is 10.6. The van der Waals surface area contributed by atoms with E-state index in [-0.39, 0.29) is 11.5 Å². The second kappa shape index (κ2) is 3.89. The summed E-state index contributed by atoms with van der Waals surface area (Å²) in [6.07, 6.45) is 0. The van der Waals surface area contributed by atoms with Gasteiger partial charge in [-0.3, -0.25) is 0 Å². The summed E-state index contributed by atoms with van der Waals surface area (Å²) in [4.78, 5) is 0. The van der Waals surface area contributed by atoms with Gasteiger partial charge in [0.1, 0.15) is 11.5 Å². The number of hydrogen-bond acceptors (Lipinski definition) is 2. The van der Waals surface area contributed by atoms with Crippen molar-refractivity contribution in [3.8, 4) is 22.6 Å². The van der Waals surface area contributed by atoms with Crippen LogP contribution in [0.2, 0.25) is 0 Å². The maximum atomic E-state index is 9.47. The molecular weight excluding hydrogens is 200 g/mol. The molecule has 2 rings (SSSR count). The van der Waals surface area contributed by atoms with Crippen molar-refractivity contribution in [3.05, 3.63) is 47.5 Å². The van der Waals surface area contributed by atoms with Gasteiger partial charge in [-0.05, 0) is 60.4 Å². The van der Waals surface area contributed by atoms with E-state index in [0.29, 0.717) is 0 Å². The predicted molar refractivity (Wildman–Crippen MR) is 64.7 cm³/mol. The molecule has 0 spiro atoms. The molecule has 0 radical (unpaired) electrons. The zero-order valence-corrected chi connectivity index (χ0v) is 9.36. The lowest BCUT2D eigenvalue weighted by Crippen LogP contribution is -1.87. The topological polar surface area (TPSA) is 40.5 Å². The maximum absolute atomic E-state index is 9.47. The summed E-state index contributed by atoms with van der Waals surface area (Å²) in [5.74, 6) is 0.531. The van der Waals surface area contributed by atoms with Crippen LogP contribution in [0.25, 0.3) is 11.1 Å².